The number of nitrogens with zero attached hydrogens (tertiary/aromatic N) is 2. The zero-order valence-corrected chi connectivity index (χ0v) is 16.6. The van der Waals surface area contributed by atoms with Crippen LogP contribution in [-0.4, -0.2) is 72.7 Å². The van der Waals surface area contributed by atoms with E-state index < -0.39 is 28.9 Å². The van der Waals surface area contributed by atoms with Crippen molar-refractivity contribution in [3.05, 3.63) is 0 Å². The molecule has 5 atom stereocenters. The van der Waals surface area contributed by atoms with Crippen molar-refractivity contribution in [2.45, 2.75) is 57.1 Å². The smallest absolute Gasteiger partial charge is 0.427 e. The van der Waals surface area contributed by atoms with E-state index in [4.69, 9.17) is 21.5 Å². The molecule has 10 nitrogen and oxygen atoms in total. The van der Waals surface area contributed by atoms with Crippen molar-refractivity contribution < 1.29 is 23.3 Å². The van der Waals surface area contributed by atoms with E-state index in [0.29, 0.717) is 19.3 Å². The van der Waals surface area contributed by atoms with Crippen LogP contribution in [0.1, 0.15) is 33.1 Å². The molecule has 0 spiro atoms. The van der Waals surface area contributed by atoms with Crippen molar-refractivity contribution in [2.75, 3.05) is 13.1 Å². The number of carbonyl (C=O) groups excluding carboxylic acids is 1. The molecule has 0 bridgehead atoms. The van der Waals surface area contributed by atoms with Crippen molar-refractivity contribution >= 4 is 29.4 Å². The summed E-state index contributed by atoms with van der Waals surface area (Å²) in [5.41, 5.74) is 11.0. The summed E-state index contributed by atoms with van der Waals surface area (Å²) in [7, 11) is -5.21. The Kier molecular flexibility index (Phi) is 7.03. The largest absolute Gasteiger partial charge is 0.451 e. The molecule has 2 fully saturated rings. The number of rotatable bonds is 9. The molecule has 7 N–H and O–H groups in total. The van der Waals surface area contributed by atoms with E-state index in [1.54, 1.807) is 13.8 Å². The van der Waals surface area contributed by atoms with Crippen molar-refractivity contribution in [2.24, 2.45) is 27.7 Å². The monoisotopic (exact) mass is 403 g/mol. The van der Waals surface area contributed by atoms with E-state index in [-0.39, 0.29) is 43.2 Å². The summed E-state index contributed by atoms with van der Waals surface area (Å²) in [6.07, 6.45) is 3.39. The van der Waals surface area contributed by atoms with Crippen molar-refractivity contribution in [3.63, 3.8) is 0 Å². The summed E-state index contributed by atoms with van der Waals surface area (Å²) in [5.74, 6) is -0.468. The second kappa shape index (κ2) is 8.54. The van der Waals surface area contributed by atoms with Gasteiger partial charge in [0.25, 0.3) is 0 Å². The van der Waals surface area contributed by atoms with Gasteiger partial charge in [-0.15, -0.1) is 0 Å². The van der Waals surface area contributed by atoms with Gasteiger partial charge in [-0.3, -0.25) is 4.79 Å². The zero-order valence-electron chi connectivity index (χ0n) is 15.8. The number of hydrogen-bond donors (Lipinski definition) is 5. The molecule has 1 heterocycles. The molecular formula is C15H30BN5O5S. The van der Waals surface area contributed by atoms with E-state index in [9.17, 15) is 13.2 Å². The van der Waals surface area contributed by atoms with Crippen LogP contribution in [0.3, 0.4) is 0 Å². The average Bonchev–Trinajstić information content (AvgIpc) is 3.20. The van der Waals surface area contributed by atoms with Crippen molar-refractivity contribution in [1.29, 1.82) is 0 Å². The second-order valence-electron chi connectivity index (χ2n) is 7.94. The van der Waals surface area contributed by atoms with Crippen LogP contribution in [0.4, 0.5) is 0 Å². The molecule has 2 rings (SSSR count). The Bertz CT molecular complexity index is 670. The molecule has 1 aliphatic carbocycles. The van der Waals surface area contributed by atoms with Crippen LogP contribution in [0.5, 0.6) is 0 Å². The Hall–Kier alpha value is -1.05. The van der Waals surface area contributed by atoms with Gasteiger partial charge in [0, 0.05) is 36.8 Å². The highest BCUT2D eigenvalue weighted by Gasteiger charge is 2.44. The Labute approximate surface area is 160 Å². The molecule has 1 saturated carbocycles. The first kappa shape index (κ1) is 22.2. The maximum absolute atomic E-state index is 12.5. The van der Waals surface area contributed by atoms with Crippen LogP contribution in [0.15, 0.2) is 4.40 Å². The van der Waals surface area contributed by atoms with Gasteiger partial charge in [0.15, 0.2) is 0 Å². The quantitative estimate of drug-likeness (QED) is 0.220. The topological polar surface area (TPSA) is 171 Å². The summed E-state index contributed by atoms with van der Waals surface area (Å²) in [4.78, 5) is 11.5. The Morgan fingerprint density at radius 1 is 1.52 bits per heavy atom. The first-order valence-electron chi connectivity index (χ1n) is 9.19. The van der Waals surface area contributed by atoms with E-state index >= 15 is 0 Å². The van der Waals surface area contributed by atoms with Gasteiger partial charge in [0.05, 0.1) is 6.04 Å². The summed E-state index contributed by atoms with van der Waals surface area (Å²) in [5, 5.41) is 20.6. The second-order valence-corrected chi connectivity index (χ2v) is 9.57. The molecule has 12 heteroatoms. The molecule has 0 aromatic carbocycles. The minimum atomic E-state index is -3.84. The third-order valence-corrected chi connectivity index (χ3v) is 6.50. The fraction of sp³-hybridized carbons (Fsp3) is 0.867. The molecule has 27 heavy (non-hydrogen) atoms. The number of nitrogens with two attached hydrogens (primary N) is 2. The lowest BCUT2D eigenvalue weighted by atomic mass is 9.79. The lowest BCUT2D eigenvalue weighted by molar-refractivity contribution is -0.122. The standard InChI is InChI=1S/C15H30BN5O5S/c1-10(17)14(22)20-13-6-11(13)7-19-27(25,26)21-8-12(15(2,18)9-21)4-3-5-16(23)24/h7,10-13,23-24H,3-6,8-9,17-18H2,1-2H3,(H,20,22)/b19-7+/t10-,11?,12-,13?,15-/m0/s1. The third-order valence-electron chi connectivity index (χ3n) is 5.18. The molecule has 154 valence electrons. The molecule has 1 saturated heterocycles. The van der Waals surface area contributed by atoms with Crippen LogP contribution in [0.2, 0.25) is 6.32 Å². The Morgan fingerprint density at radius 2 is 2.19 bits per heavy atom. The molecule has 2 aliphatic rings. The van der Waals surface area contributed by atoms with Gasteiger partial charge in [0.1, 0.15) is 0 Å². The van der Waals surface area contributed by atoms with Crippen LogP contribution < -0.4 is 16.8 Å². The summed E-state index contributed by atoms with van der Waals surface area (Å²) in [6.45, 7) is 3.80. The first-order chi connectivity index (χ1) is 12.4. The van der Waals surface area contributed by atoms with Gasteiger partial charge in [-0.05, 0) is 38.9 Å². The van der Waals surface area contributed by atoms with Gasteiger partial charge in [-0.25, -0.2) is 0 Å². The predicted molar refractivity (Wildman–Crippen MR) is 103 cm³/mol. The van der Waals surface area contributed by atoms with E-state index in [1.807, 2.05) is 0 Å². The van der Waals surface area contributed by atoms with Crippen LogP contribution in [0, 0.1) is 11.8 Å². The number of carbonyl (C=O) groups is 1. The molecule has 0 radical (unpaired) electrons. The van der Waals surface area contributed by atoms with Gasteiger partial charge in [-0.1, -0.05) is 6.42 Å². The van der Waals surface area contributed by atoms with E-state index in [2.05, 4.69) is 9.71 Å². The maximum atomic E-state index is 12.5. The highest BCUT2D eigenvalue weighted by molar-refractivity contribution is 7.87. The molecule has 1 aliphatic heterocycles. The van der Waals surface area contributed by atoms with Gasteiger partial charge < -0.3 is 26.8 Å². The summed E-state index contributed by atoms with van der Waals surface area (Å²) < 4.78 is 30.0. The predicted octanol–water partition coefficient (Wildman–Crippen LogP) is -1.94. The number of nitrogens with one attached hydrogen (secondary N) is 1. The highest BCUT2D eigenvalue weighted by Crippen LogP contribution is 2.32. The van der Waals surface area contributed by atoms with E-state index in [1.165, 1.54) is 10.5 Å². The number of amides is 1. The lowest BCUT2D eigenvalue weighted by Crippen LogP contribution is -2.44. The fourth-order valence-electron chi connectivity index (χ4n) is 3.25. The fourth-order valence-corrected chi connectivity index (χ4v) is 4.51. The number of hydrogen-bond acceptors (Lipinski definition) is 7. The SMILES string of the molecule is C[C@H](N)C(=O)NC1CC1/C=N/S(=O)(=O)N1C[C@H](CCCB(O)O)[C@@](C)(N)C1. The highest BCUT2D eigenvalue weighted by atomic mass is 32.2. The van der Waals surface area contributed by atoms with Gasteiger partial charge in [0.2, 0.25) is 5.91 Å². The van der Waals surface area contributed by atoms with E-state index in [0.717, 1.165) is 0 Å². The normalized spacial score (nSPS) is 32.6. The average molecular weight is 403 g/mol. The first-order valence-corrected chi connectivity index (χ1v) is 10.6. The van der Waals surface area contributed by atoms with Crippen molar-refractivity contribution in [3.8, 4) is 0 Å². The van der Waals surface area contributed by atoms with Crippen LogP contribution in [-0.2, 0) is 15.0 Å². The summed E-state index contributed by atoms with van der Waals surface area (Å²) >= 11 is 0. The zero-order chi connectivity index (χ0) is 20.4. The van der Waals surface area contributed by atoms with Gasteiger partial charge in [-0.2, -0.15) is 17.1 Å². The molecular weight excluding hydrogens is 373 g/mol. The molecule has 0 aromatic rings. The van der Waals surface area contributed by atoms with Gasteiger partial charge >= 0.3 is 17.3 Å². The lowest BCUT2D eigenvalue weighted by Gasteiger charge is -2.25. The summed E-state index contributed by atoms with van der Waals surface area (Å²) in [6, 6.07) is -0.735. The molecule has 1 amide bonds. The minimum absolute atomic E-state index is 0.0831. The Balaban J connectivity index is 1.89. The van der Waals surface area contributed by atoms with Crippen LogP contribution in [0.25, 0.3) is 0 Å². The minimum Gasteiger partial charge on any atom is -0.427 e. The molecule has 2 unspecified atom stereocenters. The maximum Gasteiger partial charge on any atom is 0.451 e. The van der Waals surface area contributed by atoms with Crippen LogP contribution >= 0.6 is 0 Å². The third kappa shape index (κ3) is 6.23. The Morgan fingerprint density at radius 3 is 2.78 bits per heavy atom. The molecule has 0 aromatic heterocycles. The van der Waals surface area contributed by atoms with Crippen molar-refractivity contribution in [1.82, 2.24) is 9.62 Å².